The molecular weight excluding hydrogens is 570 g/mol. The van der Waals surface area contributed by atoms with Gasteiger partial charge in [0.15, 0.2) is 0 Å². The lowest BCUT2D eigenvalue weighted by molar-refractivity contribution is -0.143. The van der Waals surface area contributed by atoms with E-state index in [9.17, 15) is 19.2 Å². The van der Waals surface area contributed by atoms with E-state index in [0.29, 0.717) is 35.8 Å². The van der Waals surface area contributed by atoms with Crippen LogP contribution in [0.15, 0.2) is 78.4 Å². The van der Waals surface area contributed by atoms with Crippen molar-refractivity contribution in [1.29, 1.82) is 0 Å². The van der Waals surface area contributed by atoms with E-state index in [1.807, 2.05) is 64.1 Å². The number of nitrogens with zero attached hydrogens (tertiary/aromatic N) is 3. The minimum Gasteiger partial charge on any atom is -0.464 e. The van der Waals surface area contributed by atoms with Gasteiger partial charge in [0.25, 0.3) is 11.8 Å². The van der Waals surface area contributed by atoms with Crippen molar-refractivity contribution in [2.45, 2.75) is 53.4 Å². The second kappa shape index (κ2) is 15.7. The smallest absolute Gasteiger partial charge is 0.325 e. The normalized spacial score (nSPS) is 12.8. The van der Waals surface area contributed by atoms with E-state index in [0.717, 1.165) is 36.8 Å². The van der Waals surface area contributed by atoms with Gasteiger partial charge < -0.3 is 14.4 Å². The predicted octanol–water partition coefficient (Wildman–Crippen LogP) is 6.17. The third-order valence-corrected chi connectivity index (χ3v) is 7.27. The van der Waals surface area contributed by atoms with Crippen molar-refractivity contribution in [3.8, 4) is 0 Å². The van der Waals surface area contributed by atoms with Crippen LogP contribution < -0.4 is 14.9 Å². The number of hydrogen-bond donors (Lipinski definition) is 0. The molecule has 0 aliphatic carbocycles. The summed E-state index contributed by atoms with van der Waals surface area (Å²) in [4.78, 5) is 54.3. The molecule has 9 heteroatoms. The number of unbranched alkanes of at least 4 members (excludes halogenated alkanes) is 2. The average Bonchev–Trinajstić information content (AvgIpc) is 3.26. The first kappa shape index (κ1) is 33.0. The largest absolute Gasteiger partial charge is 0.464 e. The van der Waals surface area contributed by atoms with Crippen molar-refractivity contribution in [1.82, 2.24) is 0 Å². The van der Waals surface area contributed by atoms with Crippen LogP contribution in [-0.2, 0) is 28.7 Å². The van der Waals surface area contributed by atoms with Crippen molar-refractivity contribution >= 4 is 46.9 Å². The second-order valence-electron chi connectivity index (χ2n) is 11.1. The quantitative estimate of drug-likeness (QED) is 0.0930. The zero-order valence-electron chi connectivity index (χ0n) is 26.5. The number of carbonyl (C=O) groups excluding carboxylic acids is 4. The highest BCUT2D eigenvalue weighted by Gasteiger charge is 2.43. The van der Waals surface area contributed by atoms with Gasteiger partial charge in [0.05, 0.1) is 24.6 Å². The highest BCUT2D eigenvalue weighted by Crippen LogP contribution is 2.33. The molecule has 236 valence electrons. The van der Waals surface area contributed by atoms with Gasteiger partial charge in [-0.1, -0.05) is 63.1 Å². The molecule has 0 unspecified atom stereocenters. The standard InChI is InChI=1S/C36H41N3O6/c1-5-7-19-44-33(40)24-37(25-34(41)45-20-8-6-2)29-17-15-28(16-18-29)23-32-35(42)38(30-13-9-11-26(3)21-30)39(36(32)43)31-14-10-12-27(4)22-31/h9-18,21-23H,5-8,19-20,24-25H2,1-4H3. The second-order valence-corrected chi connectivity index (χ2v) is 11.1. The Morgan fingerprint density at radius 3 is 1.60 bits per heavy atom. The molecule has 0 N–H and O–H groups in total. The molecule has 0 spiro atoms. The van der Waals surface area contributed by atoms with E-state index in [-0.39, 0.29) is 18.7 Å². The highest BCUT2D eigenvalue weighted by atomic mass is 16.5. The first-order chi connectivity index (χ1) is 21.7. The molecule has 3 aromatic carbocycles. The molecule has 0 atom stereocenters. The van der Waals surface area contributed by atoms with Gasteiger partial charge in [0.2, 0.25) is 0 Å². The Kier molecular flexibility index (Phi) is 11.5. The summed E-state index contributed by atoms with van der Waals surface area (Å²) in [6.45, 7) is 8.27. The predicted molar refractivity (Wildman–Crippen MR) is 176 cm³/mol. The van der Waals surface area contributed by atoms with Crippen LogP contribution in [0.25, 0.3) is 6.08 Å². The minimum atomic E-state index is -0.442. The van der Waals surface area contributed by atoms with Crippen LogP contribution in [0.4, 0.5) is 17.1 Å². The van der Waals surface area contributed by atoms with Gasteiger partial charge in [-0.15, -0.1) is 0 Å². The molecular formula is C36H41N3O6. The fourth-order valence-corrected chi connectivity index (χ4v) is 4.86. The number of hydrazine groups is 1. The van der Waals surface area contributed by atoms with Crippen molar-refractivity contribution in [3.63, 3.8) is 0 Å². The summed E-state index contributed by atoms with van der Waals surface area (Å²) in [5, 5.41) is 2.81. The molecule has 2 amide bonds. The first-order valence-corrected chi connectivity index (χ1v) is 15.4. The van der Waals surface area contributed by atoms with Crippen LogP contribution in [0.1, 0.15) is 56.2 Å². The molecule has 1 saturated heterocycles. The molecule has 1 aliphatic heterocycles. The van der Waals surface area contributed by atoms with E-state index >= 15 is 0 Å². The zero-order valence-corrected chi connectivity index (χ0v) is 26.5. The Balaban J connectivity index is 1.61. The van der Waals surface area contributed by atoms with Gasteiger partial charge in [-0.05, 0) is 85.9 Å². The van der Waals surface area contributed by atoms with Crippen LogP contribution in [-0.4, -0.2) is 50.1 Å². The molecule has 0 aromatic heterocycles. The summed E-state index contributed by atoms with van der Waals surface area (Å²) in [6, 6.07) is 21.9. The summed E-state index contributed by atoms with van der Waals surface area (Å²) in [5.74, 6) is -1.76. The van der Waals surface area contributed by atoms with Crippen LogP contribution in [0.5, 0.6) is 0 Å². The van der Waals surface area contributed by atoms with Gasteiger partial charge in [0, 0.05) is 5.69 Å². The molecule has 0 radical (unpaired) electrons. The molecule has 1 fully saturated rings. The number of hydrogen-bond acceptors (Lipinski definition) is 7. The van der Waals surface area contributed by atoms with E-state index in [1.54, 1.807) is 47.4 Å². The highest BCUT2D eigenvalue weighted by molar-refractivity contribution is 6.38. The Labute approximate surface area is 265 Å². The first-order valence-electron chi connectivity index (χ1n) is 15.4. The van der Waals surface area contributed by atoms with Gasteiger partial charge in [0.1, 0.15) is 18.7 Å². The molecule has 4 rings (SSSR count). The van der Waals surface area contributed by atoms with Crippen molar-refractivity contribution < 1.29 is 28.7 Å². The summed E-state index contributed by atoms with van der Waals surface area (Å²) in [5.41, 5.74) is 4.31. The minimum absolute atomic E-state index is 0.0154. The molecule has 1 aliphatic rings. The van der Waals surface area contributed by atoms with Gasteiger partial charge in [-0.3, -0.25) is 19.2 Å². The zero-order chi connectivity index (χ0) is 32.3. The number of anilines is 3. The summed E-state index contributed by atoms with van der Waals surface area (Å²) in [7, 11) is 0. The lowest BCUT2D eigenvalue weighted by Crippen LogP contribution is -2.41. The molecule has 45 heavy (non-hydrogen) atoms. The number of rotatable bonds is 14. The molecule has 1 heterocycles. The number of amides is 2. The van der Waals surface area contributed by atoms with Crippen LogP contribution in [0.3, 0.4) is 0 Å². The van der Waals surface area contributed by atoms with E-state index in [2.05, 4.69) is 0 Å². The van der Waals surface area contributed by atoms with Gasteiger partial charge in [-0.25, -0.2) is 10.0 Å². The van der Waals surface area contributed by atoms with Gasteiger partial charge >= 0.3 is 11.9 Å². The summed E-state index contributed by atoms with van der Waals surface area (Å²) in [6.07, 6.45) is 4.88. The Morgan fingerprint density at radius 1 is 0.711 bits per heavy atom. The van der Waals surface area contributed by atoms with Crippen LogP contribution >= 0.6 is 0 Å². The van der Waals surface area contributed by atoms with Crippen molar-refractivity contribution in [2.75, 3.05) is 41.2 Å². The fourth-order valence-electron chi connectivity index (χ4n) is 4.86. The monoisotopic (exact) mass is 611 g/mol. The molecule has 9 nitrogen and oxygen atoms in total. The number of ether oxygens (including phenoxy) is 2. The summed E-state index contributed by atoms with van der Waals surface area (Å²) >= 11 is 0. The maximum Gasteiger partial charge on any atom is 0.325 e. The van der Waals surface area contributed by atoms with Crippen molar-refractivity contribution in [3.05, 3.63) is 95.1 Å². The Morgan fingerprint density at radius 2 is 1.18 bits per heavy atom. The van der Waals surface area contributed by atoms with E-state index in [4.69, 9.17) is 9.47 Å². The fraction of sp³-hybridized carbons (Fsp3) is 0.333. The topological polar surface area (TPSA) is 96.5 Å². The Bertz CT molecular complexity index is 1460. The van der Waals surface area contributed by atoms with Crippen molar-refractivity contribution in [2.24, 2.45) is 0 Å². The lowest BCUT2D eigenvalue weighted by atomic mass is 10.1. The third kappa shape index (κ3) is 8.59. The lowest BCUT2D eigenvalue weighted by Gasteiger charge is -2.27. The molecule has 0 saturated carbocycles. The third-order valence-electron chi connectivity index (χ3n) is 7.27. The number of esters is 2. The van der Waals surface area contributed by atoms with E-state index in [1.165, 1.54) is 10.0 Å². The van der Waals surface area contributed by atoms with Crippen LogP contribution in [0, 0.1) is 13.8 Å². The van der Waals surface area contributed by atoms with Crippen LogP contribution in [0.2, 0.25) is 0 Å². The Hall–Kier alpha value is -4.92. The molecule has 3 aromatic rings. The SMILES string of the molecule is CCCCOC(=O)CN(CC(=O)OCCCC)c1ccc(C=C2C(=O)N(c3cccc(C)c3)N(c3cccc(C)c3)C2=O)cc1. The number of benzene rings is 3. The number of aryl methyl sites for hydroxylation is 2. The maximum atomic E-state index is 13.8. The number of carbonyl (C=O) groups is 4. The molecule has 0 bridgehead atoms. The van der Waals surface area contributed by atoms with Gasteiger partial charge in [-0.2, -0.15) is 0 Å². The summed E-state index contributed by atoms with van der Waals surface area (Å²) < 4.78 is 10.7. The van der Waals surface area contributed by atoms with E-state index < -0.39 is 23.8 Å². The maximum absolute atomic E-state index is 13.8. The average molecular weight is 612 g/mol.